The van der Waals surface area contributed by atoms with Crippen molar-refractivity contribution in [2.24, 2.45) is 0 Å². The zero-order chi connectivity index (χ0) is 22.0. The van der Waals surface area contributed by atoms with Gasteiger partial charge in [-0.3, -0.25) is 19.3 Å². The first kappa shape index (κ1) is 20.8. The van der Waals surface area contributed by atoms with E-state index >= 15 is 0 Å². The molecule has 1 N–H and O–H groups in total. The van der Waals surface area contributed by atoms with Crippen molar-refractivity contribution in [2.75, 3.05) is 0 Å². The van der Waals surface area contributed by atoms with Crippen LogP contribution in [-0.4, -0.2) is 36.3 Å². The maximum absolute atomic E-state index is 12.9. The zero-order valence-electron chi connectivity index (χ0n) is 16.3. The molecule has 3 aromatic heterocycles. The lowest BCUT2D eigenvalue weighted by molar-refractivity contribution is -0.137. The van der Waals surface area contributed by atoms with Crippen molar-refractivity contribution in [2.45, 2.75) is 44.6 Å². The minimum atomic E-state index is -4.55. The number of rotatable bonds is 4. The molecule has 0 saturated carbocycles. The minimum Gasteiger partial charge on any atom is -0.348 e. The summed E-state index contributed by atoms with van der Waals surface area (Å²) < 4.78 is 41.6. The smallest absolute Gasteiger partial charge is 0.348 e. The summed E-state index contributed by atoms with van der Waals surface area (Å²) in [6.07, 6.45) is 1.15. The minimum absolute atomic E-state index is 0.245. The van der Waals surface area contributed by atoms with Gasteiger partial charge in [0.25, 0.3) is 5.91 Å². The van der Waals surface area contributed by atoms with Crippen molar-refractivity contribution in [3.05, 3.63) is 76.0 Å². The van der Waals surface area contributed by atoms with Crippen molar-refractivity contribution >= 4 is 5.91 Å². The Kier molecular flexibility index (Phi) is 5.57. The second-order valence-electron chi connectivity index (χ2n) is 7.29. The third-order valence-corrected chi connectivity index (χ3v) is 5.13. The molecule has 11 heteroatoms. The third-order valence-electron chi connectivity index (χ3n) is 5.13. The van der Waals surface area contributed by atoms with E-state index in [9.17, 15) is 22.8 Å². The maximum atomic E-state index is 12.9. The standard InChI is InChI=1S/C20H19F3N6O2/c21-20(22,23)14-5-8-25-16(10-14)18(30)26-15-3-4-17-27-29(19(31)28(17)9-6-15)12-13-2-1-7-24-11-13/h1-2,5,7-8,10-11,15H,3-4,6,9,12H2,(H,26,30). The van der Waals surface area contributed by atoms with Gasteiger partial charge in [0.15, 0.2) is 0 Å². The molecule has 4 heterocycles. The lowest BCUT2D eigenvalue weighted by Crippen LogP contribution is -2.36. The van der Waals surface area contributed by atoms with Crippen LogP contribution in [0.1, 0.15) is 40.3 Å². The summed E-state index contributed by atoms with van der Waals surface area (Å²) >= 11 is 0. The topological polar surface area (TPSA) is 94.7 Å². The van der Waals surface area contributed by atoms with E-state index in [0.717, 1.165) is 23.9 Å². The van der Waals surface area contributed by atoms with Gasteiger partial charge in [0.1, 0.15) is 11.5 Å². The predicted molar refractivity (Wildman–Crippen MR) is 103 cm³/mol. The van der Waals surface area contributed by atoms with Crippen molar-refractivity contribution in [3.63, 3.8) is 0 Å². The number of pyridine rings is 2. The molecule has 1 aliphatic rings. The summed E-state index contributed by atoms with van der Waals surface area (Å²) in [6.45, 7) is 0.663. The number of hydrogen-bond acceptors (Lipinski definition) is 5. The number of hydrogen-bond donors (Lipinski definition) is 1. The molecular weight excluding hydrogens is 413 g/mol. The summed E-state index contributed by atoms with van der Waals surface area (Å²) in [5.74, 6) is -0.0625. The normalized spacial score (nSPS) is 16.4. The van der Waals surface area contributed by atoms with E-state index in [1.807, 2.05) is 6.07 Å². The van der Waals surface area contributed by atoms with Crippen LogP contribution in [0.25, 0.3) is 0 Å². The van der Waals surface area contributed by atoms with Gasteiger partial charge in [0, 0.05) is 37.6 Å². The van der Waals surface area contributed by atoms with E-state index in [4.69, 9.17) is 0 Å². The fourth-order valence-electron chi connectivity index (χ4n) is 3.53. The fourth-order valence-corrected chi connectivity index (χ4v) is 3.53. The molecule has 31 heavy (non-hydrogen) atoms. The summed E-state index contributed by atoms with van der Waals surface area (Å²) in [5, 5.41) is 7.13. The molecule has 1 aliphatic heterocycles. The Morgan fingerprint density at radius 1 is 1.23 bits per heavy atom. The van der Waals surface area contributed by atoms with E-state index < -0.39 is 17.6 Å². The average Bonchev–Trinajstić information content (AvgIpc) is 2.91. The van der Waals surface area contributed by atoms with Crippen LogP contribution in [0.5, 0.6) is 0 Å². The molecule has 0 saturated heterocycles. The van der Waals surface area contributed by atoms with E-state index in [1.165, 1.54) is 4.68 Å². The first-order chi connectivity index (χ1) is 14.8. The van der Waals surface area contributed by atoms with E-state index in [2.05, 4.69) is 20.4 Å². The Bertz CT molecular complexity index is 1140. The Morgan fingerprint density at radius 2 is 2.06 bits per heavy atom. The highest BCUT2D eigenvalue weighted by Gasteiger charge is 2.31. The van der Waals surface area contributed by atoms with Gasteiger partial charge < -0.3 is 5.32 Å². The Labute approximate surface area is 174 Å². The van der Waals surface area contributed by atoms with Gasteiger partial charge in [0.2, 0.25) is 0 Å². The maximum Gasteiger partial charge on any atom is 0.416 e. The fraction of sp³-hybridized carbons (Fsp3) is 0.350. The lowest BCUT2D eigenvalue weighted by atomic mass is 10.1. The second-order valence-corrected chi connectivity index (χ2v) is 7.29. The van der Waals surface area contributed by atoms with Crippen LogP contribution in [0.15, 0.2) is 47.7 Å². The molecule has 0 aromatic carbocycles. The molecule has 4 rings (SSSR count). The van der Waals surface area contributed by atoms with Crippen molar-refractivity contribution in [3.8, 4) is 0 Å². The van der Waals surface area contributed by atoms with Crippen LogP contribution in [0.3, 0.4) is 0 Å². The van der Waals surface area contributed by atoms with Gasteiger partial charge in [-0.1, -0.05) is 6.07 Å². The van der Waals surface area contributed by atoms with Gasteiger partial charge >= 0.3 is 11.9 Å². The number of nitrogens with one attached hydrogen (secondary N) is 1. The van der Waals surface area contributed by atoms with Crippen LogP contribution < -0.4 is 11.0 Å². The Hall–Kier alpha value is -3.50. The third kappa shape index (κ3) is 4.65. The summed E-state index contributed by atoms with van der Waals surface area (Å²) in [7, 11) is 0. The molecular formula is C20H19F3N6O2. The van der Waals surface area contributed by atoms with Crippen LogP contribution in [-0.2, 0) is 25.7 Å². The summed E-state index contributed by atoms with van der Waals surface area (Å²) in [4.78, 5) is 32.9. The van der Waals surface area contributed by atoms with E-state index in [1.54, 1.807) is 23.0 Å². The second kappa shape index (κ2) is 8.32. The molecule has 0 bridgehead atoms. The molecule has 8 nitrogen and oxygen atoms in total. The molecule has 0 spiro atoms. The highest BCUT2D eigenvalue weighted by Crippen LogP contribution is 2.29. The molecule has 162 valence electrons. The van der Waals surface area contributed by atoms with Gasteiger partial charge in [0.05, 0.1) is 12.1 Å². The Morgan fingerprint density at radius 3 is 2.81 bits per heavy atom. The average molecular weight is 432 g/mol. The molecule has 1 amide bonds. The number of carbonyl (C=O) groups excluding carboxylic acids is 1. The molecule has 0 radical (unpaired) electrons. The number of amides is 1. The SMILES string of the molecule is O=C(NC1CCc2nn(Cc3cccnc3)c(=O)n2CC1)c1cc(C(F)(F)F)ccn1. The van der Waals surface area contributed by atoms with Gasteiger partial charge in [-0.25, -0.2) is 9.48 Å². The van der Waals surface area contributed by atoms with Crippen molar-refractivity contribution < 1.29 is 18.0 Å². The summed E-state index contributed by atoms with van der Waals surface area (Å²) in [6, 6.07) is 4.88. The molecule has 3 aromatic rings. The highest BCUT2D eigenvalue weighted by molar-refractivity contribution is 5.92. The number of halogens is 3. The first-order valence-electron chi connectivity index (χ1n) is 9.71. The quantitative estimate of drug-likeness (QED) is 0.681. The van der Waals surface area contributed by atoms with E-state index in [-0.39, 0.29) is 17.4 Å². The zero-order valence-corrected chi connectivity index (χ0v) is 16.3. The molecule has 0 aliphatic carbocycles. The van der Waals surface area contributed by atoms with E-state index in [0.29, 0.717) is 38.2 Å². The molecule has 0 fully saturated rings. The largest absolute Gasteiger partial charge is 0.416 e. The first-order valence-corrected chi connectivity index (χ1v) is 9.71. The van der Waals surface area contributed by atoms with Crippen molar-refractivity contribution in [1.82, 2.24) is 29.6 Å². The van der Waals surface area contributed by atoms with Gasteiger partial charge in [-0.2, -0.15) is 18.3 Å². The number of alkyl halides is 3. The van der Waals surface area contributed by atoms with Crippen molar-refractivity contribution in [1.29, 1.82) is 0 Å². The van der Waals surface area contributed by atoms with Gasteiger partial charge in [-0.15, -0.1) is 0 Å². The van der Waals surface area contributed by atoms with Gasteiger partial charge in [-0.05, 0) is 36.6 Å². The number of nitrogens with zero attached hydrogens (tertiary/aromatic N) is 5. The number of carbonyl (C=O) groups is 1. The number of fused-ring (bicyclic) bond motifs is 1. The monoisotopic (exact) mass is 432 g/mol. The lowest BCUT2D eigenvalue weighted by Gasteiger charge is -2.16. The molecule has 1 unspecified atom stereocenters. The van der Waals surface area contributed by atoms with Crippen LogP contribution in [0.2, 0.25) is 0 Å². The Balaban J connectivity index is 1.42. The number of aromatic nitrogens is 5. The molecule has 1 atom stereocenters. The summed E-state index contributed by atoms with van der Waals surface area (Å²) in [5.41, 5.74) is -0.611. The number of aryl methyl sites for hydroxylation is 1. The predicted octanol–water partition coefficient (Wildman–Crippen LogP) is 2.04. The van der Waals surface area contributed by atoms with Crippen LogP contribution in [0.4, 0.5) is 13.2 Å². The highest BCUT2D eigenvalue weighted by atomic mass is 19.4. The van der Waals surface area contributed by atoms with Crippen LogP contribution >= 0.6 is 0 Å². The van der Waals surface area contributed by atoms with Crippen LogP contribution in [0, 0.1) is 0 Å².